The highest BCUT2D eigenvalue weighted by atomic mass is 32.2. The Morgan fingerprint density at radius 1 is 1.12 bits per heavy atom. The van der Waals surface area contributed by atoms with Crippen molar-refractivity contribution < 1.29 is 21.2 Å². The van der Waals surface area contributed by atoms with Crippen LogP contribution >= 0.6 is 0 Å². The minimum atomic E-state index is -3.85. The van der Waals surface area contributed by atoms with E-state index < -0.39 is 25.9 Å². The predicted octanol–water partition coefficient (Wildman–Crippen LogP) is 2.33. The minimum absolute atomic E-state index is 0.0647. The highest BCUT2D eigenvalue weighted by Gasteiger charge is 2.28. The highest BCUT2D eigenvalue weighted by Crippen LogP contribution is 2.27. The summed E-state index contributed by atoms with van der Waals surface area (Å²) in [5.41, 5.74) is 0. The number of hydrogen-bond acceptors (Lipinski definition) is 4. The van der Waals surface area contributed by atoms with Gasteiger partial charge in [0.1, 0.15) is 5.82 Å². The fourth-order valence-corrected chi connectivity index (χ4v) is 5.99. The molecule has 1 aliphatic carbocycles. The molecule has 1 fully saturated rings. The van der Waals surface area contributed by atoms with E-state index in [-0.39, 0.29) is 23.2 Å². The lowest BCUT2D eigenvalue weighted by Gasteiger charge is -2.31. The van der Waals surface area contributed by atoms with Crippen molar-refractivity contribution >= 4 is 20.0 Å². The van der Waals surface area contributed by atoms with Crippen LogP contribution in [0.15, 0.2) is 29.2 Å². The van der Waals surface area contributed by atoms with Gasteiger partial charge in [-0.1, -0.05) is 26.2 Å². The highest BCUT2D eigenvalue weighted by molar-refractivity contribution is 7.90. The number of benzene rings is 1. The molecule has 0 unspecified atom stereocenters. The zero-order valence-electron chi connectivity index (χ0n) is 15.2. The van der Waals surface area contributed by atoms with Crippen molar-refractivity contribution in [3.8, 4) is 0 Å². The van der Waals surface area contributed by atoms with Crippen LogP contribution in [0.4, 0.5) is 4.39 Å². The molecule has 0 amide bonds. The molecule has 1 saturated carbocycles. The predicted molar refractivity (Wildman–Crippen MR) is 99.2 cm³/mol. The van der Waals surface area contributed by atoms with Crippen LogP contribution in [0.25, 0.3) is 0 Å². The Bertz CT molecular complexity index is 795. The molecule has 2 rings (SSSR count). The first kappa shape index (κ1) is 21.3. The lowest BCUT2D eigenvalue weighted by molar-refractivity contribution is 0.282. The van der Waals surface area contributed by atoms with Crippen LogP contribution in [-0.4, -0.2) is 46.5 Å². The van der Waals surface area contributed by atoms with E-state index in [9.17, 15) is 21.2 Å². The zero-order valence-corrected chi connectivity index (χ0v) is 16.8. The van der Waals surface area contributed by atoms with Crippen LogP contribution in [-0.2, 0) is 20.0 Å². The number of hydrogen-bond donors (Lipinski definition) is 1. The standard InChI is InChI=1S/C17H27FN2O4S2/c1-3-14-6-4-5-7-17(14)19-25(21,22)13-12-20(2)26(23,24)16-10-8-15(18)9-11-16/h8-11,14,17,19H,3-7,12-13H2,1-2H3/t14-,17-/m0/s1. The van der Waals surface area contributed by atoms with Gasteiger partial charge in [-0.15, -0.1) is 0 Å². The van der Waals surface area contributed by atoms with Gasteiger partial charge in [0.05, 0.1) is 10.6 Å². The Kier molecular flexibility index (Phi) is 7.18. The van der Waals surface area contributed by atoms with Gasteiger partial charge in [0.15, 0.2) is 0 Å². The van der Waals surface area contributed by atoms with E-state index in [1.165, 1.54) is 19.2 Å². The molecule has 0 spiro atoms. The molecular formula is C17H27FN2O4S2. The number of sulfonamides is 2. The summed E-state index contributed by atoms with van der Waals surface area (Å²) in [6.07, 6.45) is 4.88. The first-order chi connectivity index (χ1) is 12.2. The molecule has 9 heteroatoms. The molecule has 1 aliphatic rings. The second-order valence-corrected chi connectivity index (χ2v) is 10.7. The minimum Gasteiger partial charge on any atom is -0.212 e. The third kappa shape index (κ3) is 5.48. The van der Waals surface area contributed by atoms with E-state index in [0.717, 1.165) is 48.5 Å². The van der Waals surface area contributed by atoms with Crippen molar-refractivity contribution in [3.05, 3.63) is 30.1 Å². The molecule has 26 heavy (non-hydrogen) atoms. The van der Waals surface area contributed by atoms with Crippen molar-refractivity contribution in [2.45, 2.75) is 50.0 Å². The van der Waals surface area contributed by atoms with Gasteiger partial charge in [0, 0.05) is 19.6 Å². The number of rotatable bonds is 8. The van der Waals surface area contributed by atoms with E-state index >= 15 is 0 Å². The first-order valence-electron chi connectivity index (χ1n) is 8.87. The van der Waals surface area contributed by atoms with E-state index in [1.807, 2.05) is 0 Å². The molecule has 0 aromatic heterocycles. The molecule has 0 heterocycles. The maximum atomic E-state index is 13.0. The van der Waals surface area contributed by atoms with E-state index in [0.29, 0.717) is 5.92 Å². The van der Waals surface area contributed by atoms with Crippen molar-refractivity contribution in [3.63, 3.8) is 0 Å². The summed E-state index contributed by atoms with van der Waals surface area (Å²) in [7, 11) is -6.11. The molecule has 0 bridgehead atoms. The third-order valence-corrected chi connectivity index (χ3v) is 8.21. The second-order valence-electron chi connectivity index (χ2n) is 6.78. The van der Waals surface area contributed by atoms with Gasteiger partial charge in [-0.2, -0.15) is 4.31 Å². The average molecular weight is 407 g/mol. The van der Waals surface area contributed by atoms with Crippen molar-refractivity contribution in [2.75, 3.05) is 19.3 Å². The van der Waals surface area contributed by atoms with Crippen LogP contribution in [0.5, 0.6) is 0 Å². The summed E-state index contributed by atoms with van der Waals surface area (Å²) >= 11 is 0. The molecule has 0 saturated heterocycles. The van der Waals surface area contributed by atoms with Crippen LogP contribution in [0.3, 0.4) is 0 Å². The molecular weight excluding hydrogens is 379 g/mol. The van der Waals surface area contributed by atoms with Crippen LogP contribution in [0.1, 0.15) is 39.0 Å². The summed E-state index contributed by atoms with van der Waals surface area (Å²) in [5, 5.41) is 0. The van der Waals surface area contributed by atoms with Gasteiger partial charge in [-0.25, -0.2) is 25.9 Å². The Labute approximate surface area is 155 Å². The summed E-state index contributed by atoms with van der Waals surface area (Å²) in [5.74, 6) is -0.507. The molecule has 2 atom stereocenters. The first-order valence-corrected chi connectivity index (χ1v) is 12.0. The van der Waals surface area contributed by atoms with Crippen molar-refractivity contribution in [1.29, 1.82) is 0 Å². The van der Waals surface area contributed by atoms with Crippen LogP contribution in [0, 0.1) is 11.7 Å². The Hall–Kier alpha value is -1.03. The molecule has 1 aromatic rings. The number of nitrogens with zero attached hydrogens (tertiary/aromatic N) is 1. The normalized spacial score (nSPS) is 21.8. The topological polar surface area (TPSA) is 83.6 Å². The zero-order chi connectivity index (χ0) is 19.4. The Morgan fingerprint density at radius 2 is 1.73 bits per heavy atom. The van der Waals surface area contributed by atoms with Gasteiger partial charge < -0.3 is 0 Å². The SMILES string of the molecule is CC[C@H]1CCCC[C@@H]1NS(=O)(=O)CCN(C)S(=O)(=O)c1ccc(F)cc1. The lowest BCUT2D eigenvalue weighted by atomic mass is 9.83. The molecule has 0 radical (unpaired) electrons. The monoisotopic (exact) mass is 406 g/mol. The van der Waals surface area contributed by atoms with E-state index in [2.05, 4.69) is 11.6 Å². The third-order valence-electron chi connectivity index (χ3n) is 4.96. The smallest absolute Gasteiger partial charge is 0.212 e. The van der Waals surface area contributed by atoms with Crippen molar-refractivity contribution in [2.24, 2.45) is 5.92 Å². The van der Waals surface area contributed by atoms with Crippen LogP contribution in [0.2, 0.25) is 0 Å². The lowest BCUT2D eigenvalue weighted by Crippen LogP contribution is -2.44. The maximum absolute atomic E-state index is 13.0. The van der Waals surface area contributed by atoms with Gasteiger partial charge in [0.2, 0.25) is 20.0 Å². The maximum Gasteiger partial charge on any atom is 0.242 e. The second kappa shape index (κ2) is 8.77. The average Bonchev–Trinajstić information content (AvgIpc) is 2.60. The number of nitrogens with one attached hydrogen (secondary N) is 1. The van der Waals surface area contributed by atoms with Gasteiger partial charge in [0.25, 0.3) is 0 Å². The summed E-state index contributed by atoms with van der Waals surface area (Å²) in [4.78, 5) is -0.0647. The molecule has 1 aromatic carbocycles. The summed E-state index contributed by atoms with van der Waals surface area (Å²) in [6, 6.07) is 4.39. The fourth-order valence-electron chi connectivity index (χ4n) is 3.30. The molecule has 6 nitrogen and oxygen atoms in total. The molecule has 1 N–H and O–H groups in total. The van der Waals surface area contributed by atoms with Gasteiger partial charge in [-0.3, -0.25) is 0 Å². The fraction of sp³-hybridized carbons (Fsp3) is 0.647. The number of halogens is 1. The molecule has 148 valence electrons. The quantitative estimate of drug-likeness (QED) is 0.718. The van der Waals surface area contributed by atoms with Gasteiger partial charge >= 0.3 is 0 Å². The van der Waals surface area contributed by atoms with E-state index in [4.69, 9.17) is 0 Å². The summed E-state index contributed by atoms with van der Waals surface area (Å²) < 4.78 is 66.4. The van der Waals surface area contributed by atoms with Gasteiger partial charge in [-0.05, 0) is 43.0 Å². The van der Waals surface area contributed by atoms with Crippen LogP contribution < -0.4 is 4.72 Å². The molecule has 0 aliphatic heterocycles. The Morgan fingerprint density at radius 3 is 2.35 bits per heavy atom. The Balaban J connectivity index is 1.98. The summed E-state index contributed by atoms with van der Waals surface area (Å²) in [6.45, 7) is 1.89. The largest absolute Gasteiger partial charge is 0.242 e. The van der Waals surface area contributed by atoms with E-state index in [1.54, 1.807) is 0 Å². The van der Waals surface area contributed by atoms with Crippen molar-refractivity contribution in [1.82, 2.24) is 9.03 Å².